The SMILES string of the molecule is COC(=O)c1cc(F)cc[n+]1OC. The predicted molar refractivity (Wildman–Crippen MR) is 40.4 cm³/mol. The standard InChI is InChI=1S/C8H9FNO3/c1-12-8(11)7-5-6(9)3-4-10(7)13-2/h3-5H,1-2H3/q+1. The van der Waals surface area contributed by atoms with Crippen LogP contribution in [0.3, 0.4) is 0 Å². The van der Waals surface area contributed by atoms with Crippen LogP contribution in [-0.4, -0.2) is 20.2 Å². The van der Waals surface area contributed by atoms with Crippen molar-refractivity contribution >= 4 is 5.97 Å². The molecule has 0 aliphatic heterocycles. The summed E-state index contributed by atoms with van der Waals surface area (Å²) < 4.78 is 18.3. The number of ether oxygens (including phenoxy) is 1. The molecule has 4 nitrogen and oxygen atoms in total. The second kappa shape index (κ2) is 3.84. The van der Waals surface area contributed by atoms with Crippen LogP contribution in [-0.2, 0) is 4.74 Å². The van der Waals surface area contributed by atoms with Gasteiger partial charge in [-0.25, -0.2) is 9.18 Å². The Morgan fingerprint density at radius 1 is 1.54 bits per heavy atom. The number of hydrogen-bond acceptors (Lipinski definition) is 3. The molecule has 0 aliphatic rings. The fourth-order valence-electron chi connectivity index (χ4n) is 0.874. The third-order valence-electron chi connectivity index (χ3n) is 1.47. The van der Waals surface area contributed by atoms with Gasteiger partial charge in [-0.3, -0.25) is 4.84 Å². The lowest BCUT2D eigenvalue weighted by atomic mass is 10.3. The highest BCUT2D eigenvalue weighted by molar-refractivity contribution is 5.85. The van der Waals surface area contributed by atoms with Crippen molar-refractivity contribution in [3.05, 3.63) is 29.8 Å². The van der Waals surface area contributed by atoms with Crippen LogP contribution in [0.2, 0.25) is 0 Å². The average molecular weight is 186 g/mol. The van der Waals surface area contributed by atoms with Gasteiger partial charge < -0.3 is 4.74 Å². The molecule has 0 fully saturated rings. The van der Waals surface area contributed by atoms with Crippen molar-refractivity contribution in [1.29, 1.82) is 0 Å². The normalized spacial score (nSPS) is 9.46. The monoisotopic (exact) mass is 186 g/mol. The van der Waals surface area contributed by atoms with Gasteiger partial charge in [-0.05, 0) is 0 Å². The molecule has 1 aromatic heterocycles. The van der Waals surface area contributed by atoms with E-state index in [1.165, 1.54) is 26.5 Å². The quantitative estimate of drug-likeness (QED) is 0.480. The molecule has 0 unspecified atom stereocenters. The zero-order valence-electron chi connectivity index (χ0n) is 7.28. The number of carbonyl (C=O) groups excluding carboxylic acids is 1. The fraction of sp³-hybridized carbons (Fsp3) is 0.250. The van der Waals surface area contributed by atoms with E-state index in [2.05, 4.69) is 4.74 Å². The zero-order chi connectivity index (χ0) is 9.84. The minimum atomic E-state index is -0.652. The molecule has 5 heteroatoms. The third kappa shape index (κ3) is 1.93. The van der Waals surface area contributed by atoms with Gasteiger partial charge in [0.1, 0.15) is 12.9 Å². The fourth-order valence-corrected chi connectivity index (χ4v) is 0.874. The molecule has 0 aromatic carbocycles. The minimum absolute atomic E-state index is 0.00463. The second-order valence-electron chi connectivity index (χ2n) is 2.23. The summed E-state index contributed by atoms with van der Waals surface area (Å²) in [7, 11) is 2.58. The number of rotatable bonds is 2. The van der Waals surface area contributed by atoms with E-state index >= 15 is 0 Å². The lowest BCUT2D eigenvalue weighted by molar-refractivity contribution is -0.887. The van der Waals surface area contributed by atoms with E-state index in [4.69, 9.17) is 4.84 Å². The van der Waals surface area contributed by atoms with E-state index in [0.717, 1.165) is 10.8 Å². The Morgan fingerprint density at radius 2 is 2.23 bits per heavy atom. The van der Waals surface area contributed by atoms with Gasteiger partial charge in [0.15, 0.2) is 0 Å². The number of carbonyl (C=O) groups is 1. The van der Waals surface area contributed by atoms with E-state index < -0.39 is 11.8 Å². The first-order valence-corrected chi connectivity index (χ1v) is 3.53. The van der Waals surface area contributed by atoms with Crippen molar-refractivity contribution in [2.75, 3.05) is 14.2 Å². The van der Waals surface area contributed by atoms with Crippen LogP contribution in [0.5, 0.6) is 0 Å². The summed E-state index contributed by atoms with van der Waals surface area (Å²) in [4.78, 5) is 15.8. The molecule has 13 heavy (non-hydrogen) atoms. The first kappa shape index (κ1) is 9.44. The van der Waals surface area contributed by atoms with Gasteiger partial charge in [-0.1, -0.05) is 0 Å². The molecule has 0 saturated carbocycles. The number of methoxy groups -OCH3 is 1. The topological polar surface area (TPSA) is 39.4 Å². The maximum Gasteiger partial charge on any atom is 0.408 e. The summed E-state index contributed by atoms with van der Waals surface area (Å²) in [6.07, 6.45) is 1.29. The van der Waals surface area contributed by atoms with Crippen molar-refractivity contribution in [3.8, 4) is 0 Å². The Hall–Kier alpha value is -1.65. The number of halogens is 1. The van der Waals surface area contributed by atoms with Gasteiger partial charge in [-0.15, -0.1) is 0 Å². The van der Waals surface area contributed by atoms with Gasteiger partial charge in [0.2, 0.25) is 6.20 Å². The zero-order valence-corrected chi connectivity index (χ0v) is 7.28. The van der Waals surface area contributed by atoms with Gasteiger partial charge in [-0.2, -0.15) is 0 Å². The lowest BCUT2D eigenvalue weighted by Crippen LogP contribution is -2.46. The highest BCUT2D eigenvalue weighted by atomic mass is 19.1. The number of esters is 1. The van der Waals surface area contributed by atoms with E-state index in [-0.39, 0.29) is 5.69 Å². The lowest BCUT2D eigenvalue weighted by Gasteiger charge is -1.97. The van der Waals surface area contributed by atoms with E-state index in [0.29, 0.717) is 0 Å². The molecule has 0 spiro atoms. The molecule has 0 amide bonds. The predicted octanol–water partition coefficient (Wildman–Crippen LogP) is -0.0418. The summed E-state index contributed by atoms with van der Waals surface area (Å²) in [5, 5.41) is 0. The van der Waals surface area contributed by atoms with Crippen molar-refractivity contribution in [1.82, 2.24) is 0 Å². The number of aromatic nitrogens is 1. The Bertz CT molecular complexity index is 327. The van der Waals surface area contributed by atoms with Crippen molar-refractivity contribution in [2.45, 2.75) is 0 Å². The van der Waals surface area contributed by atoms with Crippen LogP contribution >= 0.6 is 0 Å². The maximum atomic E-state index is 12.7. The smallest absolute Gasteiger partial charge is 0.408 e. The molecule has 0 bridgehead atoms. The molecular weight excluding hydrogens is 177 g/mol. The van der Waals surface area contributed by atoms with Crippen LogP contribution < -0.4 is 9.57 Å². The van der Waals surface area contributed by atoms with Crippen molar-refractivity contribution in [2.24, 2.45) is 0 Å². The Balaban J connectivity index is 3.15. The van der Waals surface area contributed by atoms with Crippen LogP contribution in [0.25, 0.3) is 0 Å². The van der Waals surface area contributed by atoms with Crippen molar-refractivity contribution in [3.63, 3.8) is 0 Å². The maximum absolute atomic E-state index is 12.7. The Kier molecular flexibility index (Phi) is 2.79. The first-order chi connectivity index (χ1) is 6.19. The van der Waals surface area contributed by atoms with Gasteiger partial charge >= 0.3 is 11.7 Å². The van der Waals surface area contributed by atoms with Gasteiger partial charge in [0.25, 0.3) is 0 Å². The summed E-state index contributed by atoms with van der Waals surface area (Å²) in [6, 6.07) is 2.21. The minimum Gasteiger partial charge on any atom is -0.461 e. The molecule has 1 aromatic rings. The van der Waals surface area contributed by atoms with E-state index in [9.17, 15) is 9.18 Å². The highest BCUT2D eigenvalue weighted by Crippen LogP contribution is 1.98. The molecule has 1 rings (SSSR count). The number of hydrogen-bond donors (Lipinski definition) is 0. The van der Waals surface area contributed by atoms with Gasteiger partial charge in [0, 0.05) is 10.8 Å². The summed E-state index contributed by atoms with van der Waals surface area (Å²) in [5.41, 5.74) is 0.00463. The van der Waals surface area contributed by atoms with E-state index in [1.807, 2.05) is 0 Å². The van der Waals surface area contributed by atoms with Crippen LogP contribution in [0.4, 0.5) is 4.39 Å². The molecule has 1 heterocycles. The molecule has 0 atom stereocenters. The molecule has 70 valence electrons. The third-order valence-corrected chi connectivity index (χ3v) is 1.47. The molecular formula is C8H9FNO3+. The van der Waals surface area contributed by atoms with Crippen LogP contribution in [0.1, 0.15) is 10.5 Å². The summed E-state index contributed by atoms with van der Waals surface area (Å²) >= 11 is 0. The highest BCUT2D eigenvalue weighted by Gasteiger charge is 2.22. The van der Waals surface area contributed by atoms with Gasteiger partial charge in [0.05, 0.1) is 13.2 Å². The van der Waals surface area contributed by atoms with Crippen LogP contribution in [0.15, 0.2) is 18.3 Å². The van der Waals surface area contributed by atoms with Crippen LogP contribution in [0, 0.1) is 5.82 Å². The van der Waals surface area contributed by atoms with E-state index in [1.54, 1.807) is 0 Å². The largest absolute Gasteiger partial charge is 0.461 e. The number of pyridine rings is 1. The first-order valence-electron chi connectivity index (χ1n) is 3.53. The molecule has 0 N–H and O–H groups in total. The van der Waals surface area contributed by atoms with Crippen molar-refractivity contribution < 1.29 is 23.5 Å². The second-order valence-corrected chi connectivity index (χ2v) is 2.23. The molecule has 0 saturated heterocycles. The average Bonchev–Trinajstić information content (AvgIpc) is 2.16. The Labute approximate surface area is 74.5 Å². The summed E-state index contributed by atoms with van der Waals surface area (Å²) in [5.74, 6) is -1.17. The Morgan fingerprint density at radius 3 is 2.77 bits per heavy atom. The summed E-state index contributed by atoms with van der Waals surface area (Å²) in [6.45, 7) is 0. The molecule has 0 aliphatic carbocycles. The molecule has 0 radical (unpaired) electrons. The number of nitrogens with zero attached hydrogens (tertiary/aromatic N) is 1.